The third kappa shape index (κ3) is 1.89. The fourth-order valence-corrected chi connectivity index (χ4v) is 1.58. The zero-order valence-corrected chi connectivity index (χ0v) is 8.97. The lowest BCUT2D eigenvalue weighted by molar-refractivity contribution is 0.392. The molecule has 0 aliphatic heterocycles. The van der Waals surface area contributed by atoms with Crippen molar-refractivity contribution in [3.05, 3.63) is 29.0 Å². The van der Waals surface area contributed by atoms with Gasteiger partial charge in [-0.2, -0.15) is 0 Å². The summed E-state index contributed by atoms with van der Waals surface area (Å²) in [6.07, 6.45) is 0. The molecule has 1 aromatic carbocycles. The molecule has 2 aromatic rings. The Morgan fingerprint density at radius 3 is 2.93 bits per heavy atom. The molecule has 0 saturated carbocycles. The Balaban J connectivity index is 2.41. The molecule has 0 saturated heterocycles. The summed E-state index contributed by atoms with van der Waals surface area (Å²) < 4.78 is 0. The molecule has 0 atom stereocenters. The van der Waals surface area contributed by atoms with Gasteiger partial charge in [0.1, 0.15) is 5.82 Å². The van der Waals surface area contributed by atoms with Gasteiger partial charge in [0.2, 0.25) is 0 Å². The smallest absolute Gasteiger partial charge is 0.121 e. The number of imidazole rings is 1. The minimum atomic E-state index is 0.734. The minimum Gasteiger partial charge on any atom is -0.341 e. The van der Waals surface area contributed by atoms with Crippen LogP contribution in [0.15, 0.2) is 18.2 Å². The predicted octanol–water partition coefficient (Wildman–Crippen LogP) is 2.28. The van der Waals surface area contributed by atoms with Crippen molar-refractivity contribution in [3.8, 4) is 0 Å². The summed E-state index contributed by atoms with van der Waals surface area (Å²) in [4.78, 5) is 9.74. The van der Waals surface area contributed by atoms with Crippen LogP contribution < -0.4 is 0 Å². The maximum absolute atomic E-state index is 5.88. The third-order valence-electron chi connectivity index (χ3n) is 1.96. The van der Waals surface area contributed by atoms with Crippen molar-refractivity contribution in [2.24, 2.45) is 0 Å². The highest BCUT2D eigenvalue weighted by Crippen LogP contribution is 2.17. The number of H-pyrrole nitrogens is 1. The molecule has 2 rings (SSSR count). The summed E-state index contributed by atoms with van der Waals surface area (Å²) in [5.74, 6) is 0.965. The van der Waals surface area contributed by atoms with Crippen molar-refractivity contribution in [3.63, 3.8) is 0 Å². The highest BCUT2D eigenvalue weighted by atomic mass is 35.5. The number of nitrogens with zero attached hydrogens (tertiary/aromatic N) is 2. The number of halogens is 1. The van der Waals surface area contributed by atoms with Gasteiger partial charge in [-0.15, -0.1) is 0 Å². The van der Waals surface area contributed by atoms with E-state index in [-0.39, 0.29) is 0 Å². The summed E-state index contributed by atoms with van der Waals surface area (Å²) in [5, 5.41) is 0.734. The van der Waals surface area contributed by atoms with Crippen LogP contribution in [-0.4, -0.2) is 29.0 Å². The molecule has 74 valence electrons. The first-order valence-electron chi connectivity index (χ1n) is 4.44. The number of benzene rings is 1. The van der Waals surface area contributed by atoms with E-state index in [1.807, 2.05) is 32.3 Å². The molecule has 0 unspecified atom stereocenters. The number of fused-ring (bicyclic) bond motifs is 1. The number of hydrogen-bond acceptors (Lipinski definition) is 2. The van der Waals surface area contributed by atoms with Crippen molar-refractivity contribution in [1.29, 1.82) is 0 Å². The van der Waals surface area contributed by atoms with Crippen LogP contribution in [0.4, 0.5) is 0 Å². The van der Waals surface area contributed by atoms with Crippen molar-refractivity contribution in [1.82, 2.24) is 14.9 Å². The van der Waals surface area contributed by atoms with Gasteiger partial charge < -0.3 is 9.88 Å². The number of rotatable bonds is 2. The second-order valence-electron chi connectivity index (χ2n) is 3.58. The standard InChI is InChI=1S/C10H12ClN3/c1-14(2)6-10-12-8-4-3-7(11)5-9(8)13-10/h3-5H,6H2,1-2H3,(H,12,13). The monoisotopic (exact) mass is 209 g/mol. The second-order valence-corrected chi connectivity index (χ2v) is 4.02. The zero-order valence-electron chi connectivity index (χ0n) is 8.21. The molecule has 1 N–H and O–H groups in total. The van der Waals surface area contributed by atoms with Crippen LogP contribution in [0.5, 0.6) is 0 Å². The molecule has 14 heavy (non-hydrogen) atoms. The SMILES string of the molecule is CN(C)Cc1nc2ccc(Cl)cc2[nH]1. The molecule has 0 bridgehead atoms. The first-order valence-corrected chi connectivity index (χ1v) is 4.82. The van der Waals surface area contributed by atoms with E-state index in [2.05, 4.69) is 14.9 Å². The van der Waals surface area contributed by atoms with Crippen molar-refractivity contribution in [2.75, 3.05) is 14.1 Å². The van der Waals surface area contributed by atoms with E-state index in [1.165, 1.54) is 0 Å². The van der Waals surface area contributed by atoms with E-state index in [9.17, 15) is 0 Å². The molecule has 0 radical (unpaired) electrons. The quantitative estimate of drug-likeness (QED) is 0.823. The van der Waals surface area contributed by atoms with Crippen LogP contribution in [-0.2, 0) is 6.54 Å². The van der Waals surface area contributed by atoms with Gasteiger partial charge in [0.15, 0.2) is 0 Å². The Morgan fingerprint density at radius 2 is 2.21 bits per heavy atom. The van der Waals surface area contributed by atoms with Gasteiger partial charge in [0.05, 0.1) is 17.6 Å². The van der Waals surface area contributed by atoms with E-state index in [4.69, 9.17) is 11.6 Å². The fraction of sp³-hybridized carbons (Fsp3) is 0.300. The molecular formula is C10H12ClN3. The van der Waals surface area contributed by atoms with E-state index in [0.29, 0.717) is 0 Å². The van der Waals surface area contributed by atoms with Crippen molar-refractivity contribution >= 4 is 22.6 Å². The van der Waals surface area contributed by atoms with Gasteiger partial charge in [-0.1, -0.05) is 11.6 Å². The van der Waals surface area contributed by atoms with Gasteiger partial charge in [-0.05, 0) is 32.3 Å². The molecule has 0 fully saturated rings. The summed E-state index contributed by atoms with van der Waals surface area (Å²) in [7, 11) is 4.03. The molecule has 1 heterocycles. The first kappa shape index (κ1) is 9.49. The molecule has 1 aromatic heterocycles. The molecule has 0 spiro atoms. The van der Waals surface area contributed by atoms with Gasteiger partial charge in [0.25, 0.3) is 0 Å². The van der Waals surface area contributed by atoms with E-state index < -0.39 is 0 Å². The topological polar surface area (TPSA) is 31.9 Å². The fourth-order valence-electron chi connectivity index (χ4n) is 1.41. The lowest BCUT2D eigenvalue weighted by atomic mass is 10.3. The van der Waals surface area contributed by atoms with Gasteiger partial charge in [-0.25, -0.2) is 4.98 Å². The minimum absolute atomic E-state index is 0.734. The van der Waals surface area contributed by atoms with Crippen molar-refractivity contribution < 1.29 is 0 Å². The zero-order chi connectivity index (χ0) is 10.1. The van der Waals surface area contributed by atoms with Crippen LogP contribution in [0.2, 0.25) is 5.02 Å². The number of hydrogen-bond donors (Lipinski definition) is 1. The molecule has 0 aliphatic rings. The predicted molar refractivity (Wildman–Crippen MR) is 58.5 cm³/mol. The molecule has 0 aliphatic carbocycles. The van der Waals surface area contributed by atoms with Gasteiger partial charge in [0, 0.05) is 5.02 Å². The Bertz CT molecular complexity index is 448. The van der Waals surface area contributed by atoms with Gasteiger partial charge in [-0.3, -0.25) is 0 Å². The second kappa shape index (κ2) is 3.59. The summed E-state index contributed by atoms with van der Waals surface area (Å²) in [5.41, 5.74) is 1.96. The highest BCUT2D eigenvalue weighted by molar-refractivity contribution is 6.31. The summed E-state index contributed by atoms with van der Waals surface area (Å²) in [6, 6.07) is 5.67. The first-order chi connectivity index (χ1) is 6.65. The lowest BCUT2D eigenvalue weighted by Crippen LogP contribution is -2.11. The Kier molecular flexibility index (Phi) is 2.44. The largest absolute Gasteiger partial charge is 0.341 e. The molecule has 4 heteroatoms. The lowest BCUT2D eigenvalue weighted by Gasteiger charge is -2.04. The third-order valence-corrected chi connectivity index (χ3v) is 2.19. The molecule has 0 amide bonds. The maximum atomic E-state index is 5.88. The number of aromatic amines is 1. The number of aromatic nitrogens is 2. The van der Waals surface area contributed by atoms with Crippen molar-refractivity contribution in [2.45, 2.75) is 6.54 Å². The Morgan fingerprint density at radius 1 is 1.43 bits per heavy atom. The highest BCUT2D eigenvalue weighted by Gasteiger charge is 2.03. The van der Waals surface area contributed by atoms with Crippen LogP contribution in [0, 0.1) is 0 Å². The summed E-state index contributed by atoms with van der Waals surface area (Å²) in [6.45, 7) is 0.812. The maximum Gasteiger partial charge on any atom is 0.121 e. The van der Waals surface area contributed by atoms with E-state index in [1.54, 1.807) is 0 Å². The Labute approximate surface area is 87.7 Å². The van der Waals surface area contributed by atoms with Gasteiger partial charge >= 0.3 is 0 Å². The van der Waals surface area contributed by atoms with E-state index >= 15 is 0 Å². The average molecular weight is 210 g/mol. The van der Waals surface area contributed by atoms with Crippen LogP contribution >= 0.6 is 11.6 Å². The molecule has 3 nitrogen and oxygen atoms in total. The Hall–Kier alpha value is -1.06. The number of nitrogens with one attached hydrogen (secondary N) is 1. The van der Waals surface area contributed by atoms with Crippen LogP contribution in [0.25, 0.3) is 11.0 Å². The van der Waals surface area contributed by atoms with E-state index in [0.717, 1.165) is 28.4 Å². The molecular weight excluding hydrogens is 198 g/mol. The normalized spacial score (nSPS) is 11.4. The van der Waals surface area contributed by atoms with Crippen LogP contribution in [0.3, 0.4) is 0 Å². The summed E-state index contributed by atoms with van der Waals surface area (Å²) >= 11 is 5.88. The average Bonchev–Trinajstić information content (AvgIpc) is 2.44. The van der Waals surface area contributed by atoms with Crippen LogP contribution in [0.1, 0.15) is 5.82 Å².